The summed E-state index contributed by atoms with van der Waals surface area (Å²) < 4.78 is 11.9. The van der Waals surface area contributed by atoms with Crippen LogP contribution in [0.15, 0.2) is 28.7 Å². The van der Waals surface area contributed by atoms with Crippen molar-refractivity contribution in [2.45, 2.75) is 77.6 Å². The number of carbonyl (C=O) groups is 3. The molecule has 0 aliphatic heterocycles. The van der Waals surface area contributed by atoms with Crippen LogP contribution in [-0.2, 0) is 23.9 Å². The van der Waals surface area contributed by atoms with Crippen LogP contribution in [0.1, 0.15) is 66.4 Å². The lowest BCUT2D eigenvalue weighted by Crippen LogP contribution is -2.56. The zero-order valence-electron chi connectivity index (χ0n) is 18.6. The van der Waals surface area contributed by atoms with Gasteiger partial charge in [-0.2, -0.15) is 0 Å². The average molecular weight is 483 g/mol. The van der Waals surface area contributed by atoms with Gasteiger partial charge < -0.3 is 14.6 Å². The number of ketones is 1. The van der Waals surface area contributed by atoms with Gasteiger partial charge in [0.05, 0.1) is 11.5 Å². The molecule has 1 saturated carbocycles. The Bertz CT molecular complexity index is 814. The van der Waals surface area contributed by atoms with E-state index in [1.54, 1.807) is 65.8 Å². The topological polar surface area (TPSA) is 89.9 Å². The highest BCUT2D eigenvalue weighted by Gasteiger charge is 2.57. The zero-order valence-corrected chi connectivity index (χ0v) is 20.2. The Kier molecular flexibility index (Phi) is 6.89. The molecule has 1 aromatic rings. The molecule has 0 radical (unpaired) electrons. The lowest BCUT2D eigenvalue weighted by molar-refractivity contribution is -0.182. The normalized spacial score (nSPS) is 27.5. The van der Waals surface area contributed by atoms with Crippen LogP contribution in [0.25, 0.3) is 0 Å². The third-order valence-corrected chi connectivity index (χ3v) is 5.37. The van der Waals surface area contributed by atoms with Gasteiger partial charge >= 0.3 is 11.9 Å². The molecule has 6 nitrogen and oxygen atoms in total. The van der Waals surface area contributed by atoms with Crippen molar-refractivity contribution in [1.82, 2.24) is 0 Å². The van der Waals surface area contributed by atoms with Gasteiger partial charge in [0.25, 0.3) is 0 Å². The quantitative estimate of drug-likeness (QED) is 0.513. The lowest BCUT2D eigenvalue weighted by atomic mass is 9.61. The van der Waals surface area contributed by atoms with Gasteiger partial charge in [0.1, 0.15) is 17.1 Å². The number of aliphatic hydroxyl groups is 1. The number of benzene rings is 1. The average Bonchev–Trinajstić information content (AvgIpc) is 2.50. The molecule has 1 aliphatic carbocycles. The highest BCUT2D eigenvalue weighted by Crippen LogP contribution is 2.47. The second-order valence-electron chi connectivity index (χ2n) is 10.1. The summed E-state index contributed by atoms with van der Waals surface area (Å²) in [4.78, 5) is 39.3. The van der Waals surface area contributed by atoms with Gasteiger partial charge in [0.2, 0.25) is 0 Å². The number of Topliss-reactive ketones (excluding diaryl/α,β-unsaturated/α-hetero) is 1. The van der Waals surface area contributed by atoms with Gasteiger partial charge in [-0.05, 0) is 66.2 Å². The smallest absolute Gasteiger partial charge is 0.317 e. The summed E-state index contributed by atoms with van der Waals surface area (Å²) in [6.45, 7) is 11.8. The largest absolute Gasteiger partial charge is 0.460 e. The minimum Gasteiger partial charge on any atom is -0.460 e. The molecular weight excluding hydrogens is 452 g/mol. The molecule has 1 fully saturated rings. The van der Waals surface area contributed by atoms with E-state index in [4.69, 9.17) is 9.47 Å². The highest BCUT2D eigenvalue weighted by molar-refractivity contribution is 9.10. The second-order valence-corrected chi connectivity index (χ2v) is 11.0. The van der Waals surface area contributed by atoms with Gasteiger partial charge in [-0.1, -0.05) is 28.1 Å². The molecule has 0 saturated heterocycles. The predicted molar refractivity (Wildman–Crippen MR) is 116 cm³/mol. The Morgan fingerprint density at radius 2 is 1.47 bits per heavy atom. The first-order valence-corrected chi connectivity index (χ1v) is 10.8. The maximum absolute atomic E-state index is 13.2. The minimum atomic E-state index is -1.67. The van der Waals surface area contributed by atoms with Gasteiger partial charge in [0, 0.05) is 16.8 Å². The van der Waals surface area contributed by atoms with Crippen molar-refractivity contribution in [2.24, 2.45) is 11.8 Å². The summed E-state index contributed by atoms with van der Waals surface area (Å²) in [5, 5.41) is 11.1. The summed E-state index contributed by atoms with van der Waals surface area (Å²) >= 11 is 3.37. The van der Waals surface area contributed by atoms with Crippen LogP contribution in [-0.4, -0.2) is 39.6 Å². The minimum absolute atomic E-state index is 0.339. The van der Waals surface area contributed by atoms with E-state index in [0.29, 0.717) is 5.56 Å². The molecule has 7 heteroatoms. The number of carbonyl (C=O) groups excluding carboxylic acids is 3. The third-order valence-electron chi connectivity index (χ3n) is 4.84. The third kappa shape index (κ3) is 5.91. The van der Waals surface area contributed by atoms with Crippen LogP contribution < -0.4 is 0 Å². The van der Waals surface area contributed by atoms with Crippen molar-refractivity contribution in [3.05, 3.63) is 34.3 Å². The molecule has 30 heavy (non-hydrogen) atoms. The Balaban J connectivity index is 2.62. The summed E-state index contributed by atoms with van der Waals surface area (Å²) in [6, 6.07) is 7.00. The standard InChI is InChI=1S/C23H31BrO6/c1-21(2,3)29-19(26)17-15(25)12-23(7,28)18(20(27)30-22(4,5)6)16(17)13-8-10-14(24)11-9-13/h8-11,16-18,28H,12H2,1-7H3/t16-,17-,18+,23-/m0/s1. The number of ether oxygens (including phenoxy) is 2. The second kappa shape index (κ2) is 8.42. The Morgan fingerprint density at radius 1 is 1.00 bits per heavy atom. The van der Waals surface area contributed by atoms with Crippen molar-refractivity contribution >= 4 is 33.7 Å². The molecule has 1 N–H and O–H groups in total. The maximum Gasteiger partial charge on any atom is 0.317 e. The number of esters is 2. The van der Waals surface area contributed by atoms with Gasteiger partial charge in [-0.3, -0.25) is 14.4 Å². The zero-order chi connectivity index (χ0) is 23.1. The summed E-state index contributed by atoms with van der Waals surface area (Å²) in [5.74, 6) is -5.07. The van der Waals surface area contributed by atoms with Crippen molar-refractivity contribution in [3.63, 3.8) is 0 Å². The molecule has 0 spiro atoms. The van der Waals surface area contributed by atoms with E-state index in [1.807, 2.05) is 0 Å². The lowest BCUT2D eigenvalue weighted by Gasteiger charge is -2.44. The van der Waals surface area contributed by atoms with Gasteiger partial charge in [-0.25, -0.2) is 0 Å². The molecule has 0 bridgehead atoms. The molecule has 0 unspecified atom stereocenters. The molecule has 166 valence electrons. The Labute approximate surface area is 186 Å². The number of halogens is 1. The maximum atomic E-state index is 13.2. The Morgan fingerprint density at radius 3 is 1.93 bits per heavy atom. The number of rotatable bonds is 3. The molecule has 0 heterocycles. The highest BCUT2D eigenvalue weighted by atomic mass is 79.9. The van der Waals surface area contributed by atoms with Crippen molar-refractivity contribution in [2.75, 3.05) is 0 Å². The van der Waals surface area contributed by atoms with E-state index in [0.717, 1.165) is 4.47 Å². The van der Waals surface area contributed by atoms with Crippen molar-refractivity contribution in [3.8, 4) is 0 Å². The number of hydrogen-bond acceptors (Lipinski definition) is 6. The summed E-state index contributed by atoms with van der Waals surface area (Å²) in [5.41, 5.74) is -2.68. The van der Waals surface area contributed by atoms with E-state index in [9.17, 15) is 19.5 Å². The number of hydrogen-bond donors (Lipinski definition) is 1. The Hall–Kier alpha value is -1.73. The fourth-order valence-corrected chi connectivity index (χ4v) is 4.10. The fraction of sp³-hybridized carbons (Fsp3) is 0.609. The van der Waals surface area contributed by atoms with E-state index < -0.39 is 52.3 Å². The van der Waals surface area contributed by atoms with Crippen LogP contribution in [0.5, 0.6) is 0 Å². The first kappa shape index (κ1) is 24.5. The predicted octanol–water partition coefficient (Wildman–Crippen LogP) is 4.17. The van der Waals surface area contributed by atoms with Gasteiger partial charge in [0.15, 0.2) is 5.78 Å². The first-order valence-electron chi connectivity index (χ1n) is 9.98. The van der Waals surface area contributed by atoms with E-state index in [1.165, 1.54) is 6.92 Å². The molecule has 2 rings (SSSR count). The van der Waals surface area contributed by atoms with E-state index in [2.05, 4.69) is 15.9 Å². The molecule has 1 aromatic carbocycles. The summed E-state index contributed by atoms with van der Waals surface area (Å²) in [7, 11) is 0. The SMILES string of the molecule is CC(C)(C)OC(=O)[C@H]1C(=O)C[C@](C)(O)[C@@H](C(=O)OC(C)(C)C)[C@H]1c1ccc(Br)cc1. The molecule has 4 atom stereocenters. The monoisotopic (exact) mass is 482 g/mol. The van der Waals surface area contributed by atoms with Crippen LogP contribution in [0.3, 0.4) is 0 Å². The van der Waals surface area contributed by atoms with Crippen molar-refractivity contribution in [1.29, 1.82) is 0 Å². The molecule has 0 aromatic heterocycles. The van der Waals surface area contributed by atoms with Gasteiger partial charge in [-0.15, -0.1) is 0 Å². The van der Waals surface area contributed by atoms with E-state index in [-0.39, 0.29) is 6.42 Å². The fourth-order valence-electron chi connectivity index (χ4n) is 3.83. The van der Waals surface area contributed by atoms with Crippen LogP contribution in [0.4, 0.5) is 0 Å². The molecule has 1 aliphatic rings. The molecule has 0 amide bonds. The first-order chi connectivity index (χ1) is 13.5. The van der Waals surface area contributed by atoms with E-state index >= 15 is 0 Å². The van der Waals surface area contributed by atoms with Crippen molar-refractivity contribution < 1.29 is 29.0 Å². The summed E-state index contributed by atoms with van der Waals surface area (Å²) in [6.07, 6.45) is -0.339. The van der Waals surface area contributed by atoms with Crippen LogP contribution in [0, 0.1) is 11.8 Å². The molecular formula is C23H31BrO6. The van der Waals surface area contributed by atoms with Crippen LogP contribution in [0.2, 0.25) is 0 Å². The van der Waals surface area contributed by atoms with Crippen LogP contribution >= 0.6 is 15.9 Å².